The number of carbonyl (C=O) groups excluding carboxylic acids is 2. The van der Waals surface area contributed by atoms with Gasteiger partial charge in [0.05, 0.1) is 12.6 Å². The largest absolute Gasteiger partial charge is 0.501 e. The molecular formula is C24H26FN5O4. The molecular weight excluding hydrogens is 441 g/mol. The van der Waals surface area contributed by atoms with E-state index in [1.54, 1.807) is 19.0 Å². The standard InChI is InChI=1S/C24H26FN5O4/c1-30(2)14-20(31)27-18(16-6-4-3-5-7-16)12-19-28-21(22(32)24(34)29-19)23(33)26-13-15-8-10-17(25)11-9-15/h3-11,18,32H,12-14H2,1-2H3,(H,26,33)(H,27,31)(H,28,29,34). The molecule has 9 nitrogen and oxygen atoms in total. The summed E-state index contributed by atoms with van der Waals surface area (Å²) in [5.41, 5.74) is 1.02. The van der Waals surface area contributed by atoms with Gasteiger partial charge in [-0.05, 0) is 37.4 Å². The molecule has 1 unspecified atom stereocenters. The van der Waals surface area contributed by atoms with Crippen LogP contribution < -0.4 is 10.6 Å². The molecule has 10 heteroatoms. The highest BCUT2D eigenvalue weighted by molar-refractivity contribution is 5.95. The number of carbonyl (C=O) groups is 2. The van der Waals surface area contributed by atoms with Gasteiger partial charge in [0, 0.05) is 13.0 Å². The Hall–Kier alpha value is -4.05. The van der Waals surface area contributed by atoms with Crippen molar-refractivity contribution in [1.82, 2.24) is 25.5 Å². The minimum Gasteiger partial charge on any atom is -0.501 e. The molecule has 2 aromatic carbocycles. The van der Waals surface area contributed by atoms with Gasteiger partial charge in [0.2, 0.25) is 11.7 Å². The van der Waals surface area contributed by atoms with Crippen LogP contribution in [0.3, 0.4) is 0 Å². The van der Waals surface area contributed by atoms with E-state index in [1.165, 1.54) is 24.3 Å². The zero-order valence-electron chi connectivity index (χ0n) is 18.8. The second-order valence-corrected chi connectivity index (χ2v) is 7.94. The van der Waals surface area contributed by atoms with Gasteiger partial charge >= 0.3 is 0 Å². The predicted octanol–water partition coefficient (Wildman–Crippen LogP) is 1.92. The first-order valence-electron chi connectivity index (χ1n) is 10.5. The second kappa shape index (κ2) is 11.2. The zero-order valence-corrected chi connectivity index (χ0v) is 18.8. The van der Waals surface area contributed by atoms with E-state index in [-0.39, 0.29) is 31.2 Å². The number of amides is 2. The van der Waals surface area contributed by atoms with Crippen molar-refractivity contribution in [2.24, 2.45) is 0 Å². The molecule has 0 aliphatic heterocycles. The van der Waals surface area contributed by atoms with Gasteiger partial charge in [-0.25, -0.2) is 9.37 Å². The van der Waals surface area contributed by atoms with Crippen LogP contribution in [0.15, 0.2) is 54.6 Å². The second-order valence-electron chi connectivity index (χ2n) is 7.94. The number of halogens is 1. The van der Waals surface area contributed by atoms with Crippen molar-refractivity contribution in [2.75, 3.05) is 20.6 Å². The molecule has 178 valence electrons. The maximum atomic E-state index is 13.1. The van der Waals surface area contributed by atoms with Gasteiger partial charge in [-0.15, -0.1) is 0 Å². The number of nitrogens with one attached hydrogen (secondary N) is 2. The van der Waals surface area contributed by atoms with Crippen LogP contribution in [0.4, 0.5) is 4.39 Å². The summed E-state index contributed by atoms with van der Waals surface area (Å²) in [5.74, 6) is -2.81. The number of likely N-dealkylation sites (N-methyl/N-ethyl adjacent to an activating group) is 1. The molecule has 0 bridgehead atoms. The SMILES string of the molecule is CN(C)CC(=O)NC(Cc1nc(O)c(O)c(C(=O)NCc2ccc(F)cc2)n1)c1ccccc1. The first-order chi connectivity index (χ1) is 16.2. The van der Waals surface area contributed by atoms with E-state index in [4.69, 9.17) is 0 Å². The topological polar surface area (TPSA) is 128 Å². The molecule has 1 aromatic heterocycles. The van der Waals surface area contributed by atoms with Crippen molar-refractivity contribution < 1.29 is 24.2 Å². The highest BCUT2D eigenvalue weighted by Gasteiger charge is 2.23. The van der Waals surface area contributed by atoms with Crippen LogP contribution in [0.5, 0.6) is 11.6 Å². The minimum atomic E-state index is -0.756. The summed E-state index contributed by atoms with van der Waals surface area (Å²) in [6.45, 7) is 0.230. The van der Waals surface area contributed by atoms with E-state index in [1.807, 2.05) is 30.3 Å². The van der Waals surface area contributed by atoms with Crippen LogP contribution in [0, 0.1) is 5.82 Å². The molecule has 0 fully saturated rings. The first-order valence-corrected chi connectivity index (χ1v) is 10.5. The fourth-order valence-electron chi connectivity index (χ4n) is 3.25. The average molecular weight is 468 g/mol. The van der Waals surface area contributed by atoms with E-state index in [0.717, 1.165) is 5.56 Å². The quantitative estimate of drug-likeness (QED) is 0.379. The maximum absolute atomic E-state index is 13.1. The van der Waals surface area contributed by atoms with Crippen LogP contribution in [-0.2, 0) is 17.8 Å². The molecule has 3 aromatic rings. The smallest absolute Gasteiger partial charge is 0.274 e. The van der Waals surface area contributed by atoms with Crippen molar-refractivity contribution in [2.45, 2.75) is 19.0 Å². The number of benzene rings is 2. The van der Waals surface area contributed by atoms with E-state index >= 15 is 0 Å². The Kier molecular flexibility index (Phi) is 8.10. The third kappa shape index (κ3) is 6.72. The van der Waals surface area contributed by atoms with Crippen LogP contribution >= 0.6 is 0 Å². The number of aromatic nitrogens is 2. The molecule has 2 amide bonds. The molecule has 1 heterocycles. The summed E-state index contributed by atoms with van der Waals surface area (Å²) in [6, 6.07) is 14.2. The van der Waals surface area contributed by atoms with Crippen LogP contribution in [0.1, 0.15) is 33.5 Å². The lowest BCUT2D eigenvalue weighted by molar-refractivity contribution is -0.122. The van der Waals surface area contributed by atoms with Crippen molar-refractivity contribution in [3.8, 4) is 11.6 Å². The van der Waals surface area contributed by atoms with Gasteiger partial charge in [0.1, 0.15) is 11.6 Å². The zero-order chi connectivity index (χ0) is 24.7. The Balaban J connectivity index is 1.81. The van der Waals surface area contributed by atoms with Crippen LogP contribution in [0.25, 0.3) is 0 Å². The van der Waals surface area contributed by atoms with Crippen LogP contribution in [-0.4, -0.2) is 57.5 Å². The van der Waals surface area contributed by atoms with Gasteiger partial charge in [0.15, 0.2) is 5.69 Å². The van der Waals surface area contributed by atoms with E-state index in [9.17, 15) is 24.2 Å². The predicted molar refractivity (Wildman–Crippen MR) is 123 cm³/mol. The highest BCUT2D eigenvalue weighted by Crippen LogP contribution is 2.27. The number of hydrogen-bond acceptors (Lipinski definition) is 7. The fourth-order valence-corrected chi connectivity index (χ4v) is 3.25. The van der Waals surface area contributed by atoms with Gasteiger partial charge < -0.3 is 25.7 Å². The van der Waals surface area contributed by atoms with E-state index < -0.39 is 35.1 Å². The van der Waals surface area contributed by atoms with Gasteiger partial charge in [0.25, 0.3) is 11.8 Å². The molecule has 3 rings (SSSR count). The molecule has 1 atom stereocenters. The maximum Gasteiger partial charge on any atom is 0.274 e. The summed E-state index contributed by atoms with van der Waals surface area (Å²) < 4.78 is 13.1. The molecule has 0 radical (unpaired) electrons. The lowest BCUT2D eigenvalue weighted by Crippen LogP contribution is -2.37. The minimum absolute atomic E-state index is 0.0567. The summed E-state index contributed by atoms with van der Waals surface area (Å²) in [4.78, 5) is 34.8. The fraction of sp³-hybridized carbons (Fsp3) is 0.250. The van der Waals surface area contributed by atoms with E-state index in [0.29, 0.717) is 5.56 Å². The number of nitrogens with zero attached hydrogens (tertiary/aromatic N) is 3. The average Bonchev–Trinajstić information content (AvgIpc) is 2.80. The third-order valence-electron chi connectivity index (χ3n) is 4.88. The Bertz CT molecular complexity index is 1140. The molecule has 0 saturated carbocycles. The van der Waals surface area contributed by atoms with Crippen molar-refractivity contribution >= 4 is 11.8 Å². The van der Waals surface area contributed by atoms with Gasteiger partial charge in [-0.3, -0.25) is 9.59 Å². The van der Waals surface area contributed by atoms with Crippen molar-refractivity contribution in [1.29, 1.82) is 0 Å². The van der Waals surface area contributed by atoms with Gasteiger partial charge in [-0.2, -0.15) is 4.98 Å². The Labute approximate surface area is 196 Å². The Morgan fingerprint density at radius 3 is 2.35 bits per heavy atom. The Morgan fingerprint density at radius 2 is 1.71 bits per heavy atom. The lowest BCUT2D eigenvalue weighted by atomic mass is 10.0. The third-order valence-corrected chi connectivity index (χ3v) is 4.88. The number of aromatic hydroxyl groups is 2. The summed E-state index contributed by atoms with van der Waals surface area (Å²) in [5, 5.41) is 25.8. The highest BCUT2D eigenvalue weighted by atomic mass is 19.1. The monoisotopic (exact) mass is 467 g/mol. The molecule has 0 aliphatic carbocycles. The molecule has 4 N–H and O–H groups in total. The Morgan fingerprint density at radius 1 is 1.03 bits per heavy atom. The van der Waals surface area contributed by atoms with Crippen molar-refractivity contribution in [3.63, 3.8) is 0 Å². The first kappa shape index (κ1) is 24.6. The molecule has 0 aliphatic rings. The summed E-state index contributed by atoms with van der Waals surface area (Å²) in [6.07, 6.45) is 0.0647. The van der Waals surface area contributed by atoms with Gasteiger partial charge in [-0.1, -0.05) is 42.5 Å². The summed E-state index contributed by atoms with van der Waals surface area (Å²) >= 11 is 0. The summed E-state index contributed by atoms with van der Waals surface area (Å²) in [7, 11) is 3.55. The number of rotatable bonds is 9. The molecule has 0 saturated heterocycles. The van der Waals surface area contributed by atoms with Crippen molar-refractivity contribution in [3.05, 3.63) is 83.1 Å². The normalized spacial score (nSPS) is 11.8. The molecule has 0 spiro atoms. The van der Waals surface area contributed by atoms with E-state index in [2.05, 4.69) is 20.6 Å². The van der Waals surface area contributed by atoms with Crippen LogP contribution in [0.2, 0.25) is 0 Å². The lowest BCUT2D eigenvalue weighted by Gasteiger charge is -2.20. The number of hydrogen-bond donors (Lipinski definition) is 4. The molecule has 34 heavy (non-hydrogen) atoms.